The van der Waals surface area contributed by atoms with E-state index in [9.17, 15) is 13.2 Å². The fourth-order valence-corrected chi connectivity index (χ4v) is 7.67. The molecule has 0 saturated heterocycles. The molecule has 9 rings (SSSR count). The third-order valence-electron chi connectivity index (χ3n) is 8.64. The number of hydrogen-bond acceptors (Lipinski definition) is 3. The Hall–Kier alpha value is -4.76. The molecule has 5 nitrogen and oxygen atoms in total. The molecule has 47 heavy (non-hydrogen) atoms. The summed E-state index contributed by atoms with van der Waals surface area (Å²) in [5.41, 5.74) is 8.55. The smallest absolute Gasteiger partial charge is 0.313 e. The number of rotatable bonds is 3. The number of imidazole rings is 1. The number of para-hydroxylation sites is 2. The van der Waals surface area contributed by atoms with Crippen LogP contribution in [0.2, 0.25) is 0 Å². The van der Waals surface area contributed by atoms with Crippen LogP contribution in [0.25, 0.3) is 76.6 Å². The summed E-state index contributed by atoms with van der Waals surface area (Å²) in [6.07, 6.45) is -4.52. The second-order valence-electron chi connectivity index (χ2n) is 11.4. The molecular weight excluding hydrogens is 796 g/mol. The second kappa shape index (κ2) is 10.6. The van der Waals surface area contributed by atoms with Crippen LogP contribution in [0.5, 0.6) is 0 Å². The maximum atomic E-state index is 14.0. The standard InChI is InChI=1S/C37H23F3N5S.Ir/c1-21-18-33-36(46-21)35-34(41-22(2)43(35)26-8-4-3-5-9-26)32-20-29(42-45(32)33)24-14-12-23(13-15-24)25-16-17-31-28(19-25)27-10-6-7-11-30(27)44(31)37(38,39)40;/h3-17,19-20H,1-2H3;/q-1;. The Morgan fingerprint density at radius 2 is 1.40 bits per heavy atom. The maximum absolute atomic E-state index is 14.0. The second-order valence-corrected chi connectivity index (χ2v) is 12.7. The topological polar surface area (TPSA) is 40.0 Å². The molecule has 1 radical (unpaired) electrons. The zero-order valence-electron chi connectivity index (χ0n) is 24.9. The number of halogens is 3. The first-order valence-corrected chi connectivity index (χ1v) is 15.6. The first-order valence-electron chi connectivity index (χ1n) is 14.8. The molecule has 0 N–H and O–H groups in total. The number of fused-ring (bicyclic) bond motifs is 9. The van der Waals surface area contributed by atoms with Gasteiger partial charge in [0.25, 0.3) is 0 Å². The number of benzene rings is 4. The van der Waals surface area contributed by atoms with E-state index in [0.29, 0.717) is 15.3 Å². The predicted molar refractivity (Wildman–Crippen MR) is 179 cm³/mol. The molecule has 4 aromatic carbocycles. The molecule has 5 aromatic heterocycles. The third kappa shape index (κ3) is 4.47. The van der Waals surface area contributed by atoms with E-state index in [-0.39, 0.29) is 31.1 Å². The average molecular weight is 819 g/mol. The fourth-order valence-electron chi connectivity index (χ4n) is 6.69. The van der Waals surface area contributed by atoms with E-state index in [1.165, 1.54) is 6.07 Å². The van der Waals surface area contributed by atoms with Gasteiger partial charge in [0.2, 0.25) is 0 Å². The predicted octanol–water partition coefficient (Wildman–Crippen LogP) is 10.2. The maximum Gasteiger partial charge on any atom is 0.489 e. The van der Waals surface area contributed by atoms with Crippen molar-refractivity contribution >= 4 is 59.9 Å². The minimum atomic E-state index is -4.52. The molecular formula is C37H23F3IrN5S-. The summed E-state index contributed by atoms with van der Waals surface area (Å²) < 4.78 is 47.7. The van der Waals surface area contributed by atoms with Gasteiger partial charge in [0, 0.05) is 47.6 Å². The summed E-state index contributed by atoms with van der Waals surface area (Å²) in [4.78, 5) is 6.09. The van der Waals surface area contributed by atoms with Gasteiger partial charge in [-0.05, 0) is 61.4 Å². The molecule has 9 aromatic rings. The molecule has 10 heteroatoms. The third-order valence-corrected chi connectivity index (χ3v) is 9.64. The van der Waals surface area contributed by atoms with Crippen LogP contribution in [0.3, 0.4) is 0 Å². The minimum absolute atomic E-state index is 0. The Morgan fingerprint density at radius 1 is 0.723 bits per heavy atom. The van der Waals surface area contributed by atoms with Crippen molar-refractivity contribution in [1.82, 2.24) is 23.7 Å². The monoisotopic (exact) mass is 819 g/mol. The largest absolute Gasteiger partial charge is 0.489 e. The molecule has 0 amide bonds. The first kappa shape index (κ1) is 29.6. The van der Waals surface area contributed by atoms with E-state index in [0.717, 1.165) is 65.5 Å². The molecule has 0 bridgehead atoms. The number of hydrogen-bond donors (Lipinski definition) is 0. The Labute approximate surface area is 283 Å². The fraction of sp³-hybridized carbons (Fsp3) is 0.0811. The Morgan fingerprint density at radius 3 is 2.17 bits per heavy atom. The molecule has 0 spiro atoms. The van der Waals surface area contributed by atoms with E-state index < -0.39 is 6.30 Å². The van der Waals surface area contributed by atoms with Crippen LogP contribution >= 0.6 is 11.3 Å². The molecule has 0 fully saturated rings. The van der Waals surface area contributed by atoms with Gasteiger partial charge in [-0.2, -0.15) is 5.10 Å². The Bertz CT molecular complexity index is 2650. The van der Waals surface area contributed by atoms with Gasteiger partial charge in [-0.25, -0.2) is 11.1 Å². The number of thiophene rings is 1. The van der Waals surface area contributed by atoms with Crippen LogP contribution in [0.1, 0.15) is 10.7 Å². The normalized spacial score (nSPS) is 12.2. The van der Waals surface area contributed by atoms with E-state index in [4.69, 9.17) is 10.1 Å². The number of aromatic nitrogens is 5. The molecule has 0 unspecified atom stereocenters. The quantitative estimate of drug-likeness (QED) is 0.167. The summed E-state index contributed by atoms with van der Waals surface area (Å²) in [6, 6.07) is 35.6. The summed E-state index contributed by atoms with van der Waals surface area (Å²) in [7, 11) is 0. The van der Waals surface area contributed by atoms with Gasteiger partial charge in [-0.3, -0.25) is 20.4 Å². The number of alkyl halides is 3. The van der Waals surface area contributed by atoms with Gasteiger partial charge in [-0.15, -0.1) is 18.0 Å². The van der Waals surface area contributed by atoms with Crippen molar-refractivity contribution in [2.45, 2.75) is 20.1 Å². The van der Waals surface area contributed by atoms with Crippen molar-refractivity contribution in [3.63, 3.8) is 0 Å². The number of aryl methyl sites for hydroxylation is 2. The van der Waals surface area contributed by atoms with Crippen LogP contribution in [0.15, 0.2) is 103 Å². The van der Waals surface area contributed by atoms with Crippen molar-refractivity contribution in [3.05, 3.63) is 120 Å². The van der Waals surface area contributed by atoms with E-state index >= 15 is 0 Å². The van der Waals surface area contributed by atoms with Crippen LogP contribution < -0.4 is 0 Å². The zero-order valence-corrected chi connectivity index (χ0v) is 28.1. The van der Waals surface area contributed by atoms with E-state index in [2.05, 4.69) is 35.8 Å². The van der Waals surface area contributed by atoms with Crippen molar-refractivity contribution < 1.29 is 33.3 Å². The van der Waals surface area contributed by atoms with Crippen LogP contribution in [-0.4, -0.2) is 23.7 Å². The SMILES string of the molecule is Cc1[c-]c2c(s1)c1c(nc(C)n1-c1ccccc1)c1cc(-c3ccc(-c4ccc5c(c4)c4ccccc4n5C(F)(F)F)cc3)nn21.[Ir]. The Kier molecular flexibility index (Phi) is 6.70. The first-order chi connectivity index (χ1) is 22.3. The molecule has 5 heterocycles. The number of pyridine rings is 1. The van der Waals surface area contributed by atoms with Gasteiger partial charge in [0.05, 0.1) is 27.8 Å². The Balaban J connectivity index is 0.00000324. The van der Waals surface area contributed by atoms with E-state index in [1.807, 2.05) is 60.0 Å². The van der Waals surface area contributed by atoms with Crippen LogP contribution in [0, 0.1) is 19.9 Å². The van der Waals surface area contributed by atoms with Gasteiger partial charge >= 0.3 is 6.30 Å². The molecule has 233 valence electrons. The zero-order chi connectivity index (χ0) is 31.3. The molecule has 0 saturated carbocycles. The van der Waals surface area contributed by atoms with Crippen molar-refractivity contribution in [1.29, 1.82) is 0 Å². The van der Waals surface area contributed by atoms with Crippen molar-refractivity contribution in [2.24, 2.45) is 0 Å². The average Bonchev–Trinajstić information content (AvgIpc) is 3.82. The summed E-state index contributed by atoms with van der Waals surface area (Å²) in [5.74, 6) is 0.893. The van der Waals surface area contributed by atoms with Gasteiger partial charge in [0.15, 0.2) is 0 Å². The van der Waals surface area contributed by atoms with Gasteiger partial charge in [-0.1, -0.05) is 76.9 Å². The summed E-state index contributed by atoms with van der Waals surface area (Å²) >= 11 is 1.69. The molecule has 0 aliphatic heterocycles. The van der Waals surface area contributed by atoms with Crippen molar-refractivity contribution in [2.75, 3.05) is 0 Å². The minimum Gasteiger partial charge on any atom is -0.313 e. The molecule has 0 atom stereocenters. The molecule has 0 aliphatic carbocycles. The summed E-state index contributed by atoms with van der Waals surface area (Å²) in [6.45, 7) is 4.08. The van der Waals surface area contributed by atoms with E-state index in [1.54, 1.807) is 41.7 Å². The van der Waals surface area contributed by atoms with Crippen molar-refractivity contribution in [3.8, 4) is 28.1 Å². The van der Waals surface area contributed by atoms with Crippen LogP contribution in [-0.2, 0) is 26.4 Å². The number of nitrogens with zero attached hydrogens (tertiary/aromatic N) is 5. The van der Waals surface area contributed by atoms with Gasteiger partial charge in [0.1, 0.15) is 5.82 Å². The van der Waals surface area contributed by atoms with Crippen LogP contribution in [0.4, 0.5) is 13.2 Å². The summed E-state index contributed by atoms with van der Waals surface area (Å²) in [5, 5.41) is 6.16. The molecule has 0 aliphatic rings. The van der Waals surface area contributed by atoms with Gasteiger partial charge < -0.3 is 4.57 Å².